The van der Waals surface area contributed by atoms with E-state index < -0.39 is 0 Å². The third kappa shape index (κ3) is 5.22. The highest BCUT2D eigenvalue weighted by molar-refractivity contribution is 7.97. The van der Waals surface area contributed by atoms with Crippen molar-refractivity contribution < 1.29 is 9.47 Å². The van der Waals surface area contributed by atoms with Crippen molar-refractivity contribution in [1.29, 1.82) is 0 Å². The van der Waals surface area contributed by atoms with Gasteiger partial charge in [0.15, 0.2) is 15.5 Å². The summed E-state index contributed by atoms with van der Waals surface area (Å²) < 4.78 is 12.1. The molecule has 168 valence electrons. The topological polar surface area (TPSA) is 24.9 Å². The first-order valence-electron chi connectivity index (χ1n) is 11.2. The Bertz CT molecular complexity index is 945. The number of ether oxygens (including phenoxy) is 2. The molecule has 0 aliphatic carbocycles. The molecule has 0 aromatic heterocycles. The van der Waals surface area contributed by atoms with Crippen LogP contribution < -0.4 is 14.5 Å². The number of hydrogen-bond acceptors (Lipinski definition) is 4. The molecule has 0 amide bonds. The van der Waals surface area contributed by atoms with Crippen LogP contribution >= 0.6 is 0 Å². The van der Waals surface area contributed by atoms with E-state index in [2.05, 4.69) is 111 Å². The van der Waals surface area contributed by atoms with Gasteiger partial charge >= 0.3 is 0 Å². The van der Waals surface area contributed by atoms with Crippen molar-refractivity contribution in [3.05, 3.63) is 72.8 Å². The smallest absolute Gasteiger partial charge is 0.208 e. The fourth-order valence-corrected chi connectivity index (χ4v) is 5.97. The van der Waals surface area contributed by atoms with Crippen LogP contribution in [0.25, 0.3) is 0 Å². The summed E-state index contributed by atoms with van der Waals surface area (Å²) in [6.45, 7) is 1.55. The molecule has 1 aliphatic rings. The summed E-state index contributed by atoms with van der Waals surface area (Å²) in [6.07, 6.45) is 2.09. The first-order valence-corrected chi connectivity index (χ1v) is 12.4. The molecule has 1 heterocycles. The summed E-state index contributed by atoms with van der Waals surface area (Å²) in [5.74, 6) is 0.983. The molecule has 4 nitrogen and oxygen atoms in total. The van der Waals surface area contributed by atoms with Gasteiger partial charge in [-0.05, 0) is 60.7 Å². The number of nitrogens with zero attached hydrogens (tertiary/aromatic N) is 2. The van der Waals surface area contributed by atoms with Crippen LogP contribution in [0.2, 0.25) is 0 Å². The minimum absolute atomic E-state index is 0.211. The van der Waals surface area contributed by atoms with Gasteiger partial charge in [0.25, 0.3) is 0 Å². The summed E-state index contributed by atoms with van der Waals surface area (Å²) in [7, 11) is 8.03. The van der Waals surface area contributed by atoms with Crippen LogP contribution in [-0.2, 0) is 15.6 Å². The quantitative estimate of drug-likeness (QED) is 0.447. The minimum Gasteiger partial charge on any atom is -0.485 e. The van der Waals surface area contributed by atoms with E-state index >= 15 is 0 Å². The Kier molecular flexibility index (Phi) is 7.28. The normalized spacial score (nSPS) is 14.4. The van der Waals surface area contributed by atoms with Crippen LogP contribution in [0.3, 0.4) is 0 Å². The van der Waals surface area contributed by atoms with E-state index in [1.165, 1.54) is 26.1 Å². The molecule has 0 unspecified atom stereocenters. The molecule has 0 radical (unpaired) electrons. The van der Waals surface area contributed by atoms with Crippen molar-refractivity contribution in [1.82, 2.24) is 0 Å². The van der Waals surface area contributed by atoms with Crippen LogP contribution in [0.15, 0.2) is 87.5 Å². The maximum atomic E-state index is 6.54. The molecule has 1 aliphatic heterocycles. The molecule has 3 aromatic carbocycles. The average Bonchev–Trinajstić information content (AvgIpc) is 2.82. The van der Waals surface area contributed by atoms with Gasteiger partial charge in [-0.1, -0.05) is 12.1 Å². The van der Waals surface area contributed by atoms with E-state index in [0.717, 1.165) is 31.8 Å². The molecule has 32 heavy (non-hydrogen) atoms. The second-order valence-electron chi connectivity index (χ2n) is 8.46. The summed E-state index contributed by atoms with van der Waals surface area (Å²) in [6, 6.07) is 26.3. The number of rotatable bonds is 7. The molecular formula is C27H33N2O2S+. The van der Waals surface area contributed by atoms with Gasteiger partial charge in [0, 0.05) is 52.4 Å². The first-order chi connectivity index (χ1) is 15.5. The average molecular weight is 450 g/mol. The highest BCUT2D eigenvalue weighted by Gasteiger charge is 2.33. The number of anilines is 2. The van der Waals surface area contributed by atoms with Crippen molar-refractivity contribution in [2.45, 2.75) is 33.6 Å². The SMILES string of the molecule is CN(C)c1ccc([S+](c2ccc(N(C)C)cc2)c2ccccc2OC2CCOCC2)cc1. The standard InChI is InChI=1S/C27H33N2O2S/c1-28(2)21-9-13-24(14-10-21)32(25-15-11-22(12-16-25)29(3)4)27-8-6-5-7-26(27)31-23-17-19-30-20-18-23/h5-16,23H,17-20H2,1-4H3/q+1. The molecule has 0 bridgehead atoms. The highest BCUT2D eigenvalue weighted by atomic mass is 32.2. The summed E-state index contributed by atoms with van der Waals surface area (Å²) >= 11 is 0. The van der Waals surface area contributed by atoms with Crippen molar-refractivity contribution >= 4 is 22.3 Å². The monoisotopic (exact) mass is 449 g/mol. The summed E-state index contributed by atoms with van der Waals surface area (Å²) in [4.78, 5) is 8.08. The molecule has 1 saturated heterocycles. The van der Waals surface area contributed by atoms with E-state index in [9.17, 15) is 0 Å². The molecule has 5 heteroatoms. The van der Waals surface area contributed by atoms with Crippen molar-refractivity contribution in [2.24, 2.45) is 0 Å². The van der Waals surface area contributed by atoms with E-state index in [0.29, 0.717) is 0 Å². The molecule has 0 saturated carbocycles. The van der Waals surface area contributed by atoms with Gasteiger partial charge in [-0.3, -0.25) is 0 Å². The summed E-state index contributed by atoms with van der Waals surface area (Å²) in [5.41, 5.74) is 2.40. The molecule has 0 atom stereocenters. The molecular weight excluding hydrogens is 416 g/mol. The zero-order valence-electron chi connectivity index (χ0n) is 19.5. The van der Waals surface area contributed by atoms with Gasteiger partial charge in [-0.25, -0.2) is 0 Å². The van der Waals surface area contributed by atoms with Gasteiger partial charge in [0.05, 0.1) is 13.2 Å². The second-order valence-corrected chi connectivity index (χ2v) is 10.5. The Morgan fingerprint density at radius 3 is 1.72 bits per heavy atom. The van der Waals surface area contributed by atoms with Crippen LogP contribution in [0.4, 0.5) is 11.4 Å². The molecule has 4 rings (SSSR count). The van der Waals surface area contributed by atoms with Crippen LogP contribution in [0, 0.1) is 0 Å². The zero-order valence-corrected chi connectivity index (χ0v) is 20.3. The number of benzene rings is 3. The Morgan fingerprint density at radius 2 is 1.22 bits per heavy atom. The molecule has 0 spiro atoms. The van der Waals surface area contributed by atoms with Crippen LogP contribution in [-0.4, -0.2) is 47.5 Å². The molecule has 3 aromatic rings. The van der Waals surface area contributed by atoms with Gasteiger partial charge in [0.2, 0.25) is 4.90 Å². The fourth-order valence-electron chi connectivity index (χ4n) is 3.84. The van der Waals surface area contributed by atoms with Crippen molar-refractivity contribution in [3.8, 4) is 5.75 Å². The lowest BCUT2D eigenvalue weighted by Crippen LogP contribution is -2.26. The van der Waals surface area contributed by atoms with E-state index in [1.54, 1.807) is 0 Å². The summed E-state index contributed by atoms with van der Waals surface area (Å²) in [5, 5.41) is 0. The highest BCUT2D eigenvalue weighted by Crippen LogP contribution is 2.38. The Labute approximate surface area is 195 Å². The lowest BCUT2D eigenvalue weighted by Gasteiger charge is -2.24. The van der Waals surface area contributed by atoms with E-state index in [1.807, 2.05) is 0 Å². The molecule has 0 N–H and O–H groups in total. The molecule has 1 fully saturated rings. The maximum Gasteiger partial charge on any atom is 0.208 e. The van der Waals surface area contributed by atoms with Gasteiger partial charge < -0.3 is 19.3 Å². The van der Waals surface area contributed by atoms with Gasteiger partial charge in [0.1, 0.15) is 17.0 Å². The van der Waals surface area contributed by atoms with E-state index in [4.69, 9.17) is 9.47 Å². The Morgan fingerprint density at radius 1 is 0.719 bits per heavy atom. The number of hydrogen-bond donors (Lipinski definition) is 0. The minimum atomic E-state index is -0.267. The first kappa shape index (κ1) is 22.6. The van der Waals surface area contributed by atoms with Gasteiger partial charge in [-0.15, -0.1) is 0 Å². The Hall–Kier alpha value is -2.63. The maximum absolute atomic E-state index is 6.54. The fraction of sp³-hybridized carbons (Fsp3) is 0.333. The second kappa shape index (κ2) is 10.3. The zero-order chi connectivity index (χ0) is 22.5. The van der Waals surface area contributed by atoms with Crippen LogP contribution in [0.5, 0.6) is 5.75 Å². The van der Waals surface area contributed by atoms with Crippen molar-refractivity contribution in [2.75, 3.05) is 51.2 Å². The Balaban J connectivity index is 1.75. The predicted molar refractivity (Wildman–Crippen MR) is 135 cm³/mol. The van der Waals surface area contributed by atoms with Gasteiger partial charge in [-0.2, -0.15) is 0 Å². The van der Waals surface area contributed by atoms with Crippen LogP contribution in [0.1, 0.15) is 12.8 Å². The lowest BCUT2D eigenvalue weighted by molar-refractivity contribution is 0.0244. The number of para-hydroxylation sites is 1. The third-order valence-electron chi connectivity index (χ3n) is 5.71. The third-order valence-corrected chi connectivity index (χ3v) is 7.97. The van der Waals surface area contributed by atoms with Crippen molar-refractivity contribution in [3.63, 3.8) is 0 Å². The largest absolute Gasteiger partial charge is 0.485 e. The lowest BCUT2D eigenvalue weighted by atomic mass is 10.1. The van der Waals surface area contributed by atoms with E-state index in [-0.39, 0.29) is 17.0 Å². The predicted octanol–water partition coefficient (Wildman–Crippen LogP) is 5.47.